The molecule has 1 aromatic heterocycles. The van der Waals surface area contributed by atoms with E-state index in [9.17, 15) is 14.0 Å². The van der Waals surface area contributed by atoms with Crippen molar-refractivity contribution in [2.24, 2.45) is 11.8 Å². The van der Waals surface area contributed by atoms with Crippen LogP contribution in [0.15, 0.2) is 35.7 Å². The second kappa shape index (κ2) is 10.9. The van der Waals surface area contributed by atoms with Crippen LogP contribution in [0.4, 0.5) is 4.39 Å². The van der Waals surface area contributed by atoms with Crippen LogP contribution in [0, 0.1) is 17.7 Å². The van der Waals surface area contributed by atoms with Gasteiger partial charge in [-0.3, -0.25) is 9.59 Å². The van der Waals surface area contributed by atoms with E-state index in [2.05, 4.69) is 13.8 Å². The number of nitrogens with zero attached hydrogens (tertiary/aromatic N) is 2. The van der Waals surface area contributed by atoms with Gasteiger partial charge >= 0.3 is 0 Å². The van der Waals surface area contributed by atoms with Crippen LogP contribution in [-0.4, -0.2) is 47.9 Å². The van der Waals surface area contributed by atoms with Crippen molar-refractivity contribution in [1.82, 2.24) is 9.80 Å². The molecule has 1 aromatic carbocycles. The fourth-order valence-corrected chi connectivity index (χ4v) is 4.83. The zero-order chi connectivity index (χ0) is 23.3. The number of fused-ring (bicyclic) bond motifs is 1. The molecular weight excluding hydrogens is 427 g/mol. The van der Waals surface area contributed by atoms with E-state index in [0.29, 0.717) is 19.0 Å². The molecule has 0 bridgehead atoms. The number of carbonyl (C=O) groups is 2. The van der Waals surface area contributed by atoms with Crippen molar-refractivity contribution in [2.75, 3.05) is 26.2 Å². The van der Waals surface area contributed by atoms with Crippen molar-refractivity contribution < 1.29 is 18.7 Å². The Morgan fingerprint density at radius 1 is 1.22 bits per heavy atom. The Hall–Kier alpha value is -2.41. The van der Waals surface area contributed by atoms with Gasteiger partial charge in [0.15, 0.2) is 11.6 Å². The molecule has 0 spiro atoms. The molecule has 2 amide bonds. The van der Waals surface area contributed by atoms with E-state index in [0.717, 1.165) is 18.4 Å². The van der Waals surface area contributed by atoms with Crippen LogP contribution >= 0.6 is 11.3 Å². The standard InChI is InChI=1S/C25H33FN2O3S/c1-17(2)9-12-27(25(30)18(3)4)15-24(29)28-13-10-23-19(11-14-32-23)21(28)16-31-22-8-6-5-7-20(22)26/h5-8,11,14,17-18,21H,9-10,12-13,15-16H2,1-4H3. The third-order valence-electron chi connectivity index (χ3n) is 5.76. The van der Waals surface area contributed by atoms with Gasteiger partial charge in [-0.05, 0) is 47.9 Å². The summed E-state index contributed by atoms with van der Waals surface area (Å²) >= 11 is 1.67. The second-order valence-electron chi connectivity index (χ2n) is 8.99. The maximum atomic E-state index is 14.1. The predicted octanol–water partition coefficient (Wildman–Crippen LogP) is 4.92. The van der Waals surface area contributed by atoms with E-state index in [1.54, 1.807) is 39.3 Å². The second-order valence-corrected chi connectivity index (χ2v) is 9.99. The number of hydrogen-bond donors (Lipinski definition) is 0. The van der Waals surface area contributed by atoms with E-state index < -0.39 is 5.82 Å². The SMILES string of the molecule is CC(C)CCN(CC(=O)N1CCc2sccc2C1COc1ccccc1F)C(=O)C(C)C. The van der Waals surface area contributed by atoms with E-state index in [-0.39, 0.29) is 42.7 Å². The van der Waals surface area contributed by atoms with Gasteiger partial charge in [0, 0.05) is 23.9 Å². The molecular formula is C25H33FN2O3S. The molecule has 1 atom stereocenters. The first-order chi connectivity index (χ1) is 15.3. The highest BCUT2D eigenvalue weighted by Crippen LogP contribution is 2.34. The number of carbonyl (C=O) groups excluding carboxylic acids is 2. The minimum Gasteiger partial charge on any atom is -0.488 e. The normalized spacial score (nSPS) is 15.7. The molecule has 3 rings (SSSR count). The molecule has 0 radical (unpaired) electrons. The first kappa shape index (κ1) is 24.2. The van der Waals surface area contributed by atoms with Gasteiger partial charge in [0.1, 0.15) is 6.61 Å². The topological polar surface area (TPSA) is 49.9 Å². The smallest absolute Gasteiger partial charge is 0.242 e. The van der Waals surface area contributed by atoms with Crippen LogP contribution in [0.25, 0.3) is 0 Å². The fraction of sp³-hybridized carbons (Fsp3) is 0.520. The molecule has 0 saturated carbocycles. The summed E-state index contributed by atoms with van der Waals surface area (Å²) in [5.74, 6) is -0.0733. The summed E-state index contributed by atoms with van der Waals surface area (Å²) in [4.78, 5) is 30.9. The predicted molar refractivity (Wildman–Crippen MR) is 125 cm³/mol. The van der Waals surface area contributed by atoms with Gasteiger partial charge in [-0.2, -0.15) is 0 Å². The average molecular weight is 461 g/mol. The molecule has 2 heterocycles. The van der Waals surface area contributed by atoms with Crippen LogP contribution in [0.5, 0.6) is 5.75 Å². The van der Waals surface area contributed by atoms with E-state index in [4.69, 9.17) is 4.74 Å². The molecule has 0 fully saturated rings. The van der Waals surface area contributed by atoms with Crippen LogP contribution < -0.4 is 4.74 Å². The molecule has 0 saturated heterocycles. The van der Waals surface area contributed by atoms with Crippen molar-refractivity contribution in [3.63, 3.8) is 0 Å². The summed E-state index contributed by atoms with van der Waals surface area (Å²) in [6.07, 6.45) is 1.62. The van der Waals surface area contributed by atoms with Crippen LogP contribution in [0.1, 0.15) is 50.6 Å². The van der Waals surface area contributed by atoms with Gasteiger partial charge in [-0.25, -0.2) is 4.39 Å². The molecule has 1 aliphatic heterocycles. The monoisotopic (exact) mass is 460 g/mol. The Labute approximate surface area is 194 Å². The number of benzene rings is 1. The first-order valence-corrected chi connectivity index (χ1v) is 12.2. The maximum absolute atomic E-state index is 14.1. The Morgan fingerprint density at radius 2 is 1.97 bits per heavy atom. The lowest BCUT2D eigenvalue weighted by Gasteiger charge is -2.37. The Kier molecular flexibility index (Phi) is 8.29. The summed E-state index contributed by atoms with van der Waals surface area (Å²) < 4.78 is 19.9. The van der Waals surface area contributed by atoms with Gasteiger partial charge in [-0.1, -0.05) is 39.8 Å². The highest BCUT2D eigenvalue weighted by Gasteiger charge is 2.34. The van der Waals surface area contributed by atoms with Crippen molar-refractivity contribution >= 4 is 23.2 Å². The summed E-state index contributed by atoms with van der Waals surface area (Å²) in [5, 5.41) is 2.02. The highest BCUT2D eigenvalue weighted by atomic mass is 32.1. The molecule has 174 valence electrons. The van der Waals surface area contributed by atoms with Gasteiger partial charge in [0.2, 0.25) is 11.8 Å². The van der Waals surface area contributed by atoms with Crippen molar-refractivity contribution in [1.29, 1.82) is 0 Å². The largest absolute Gasteiger partial charge is 0.488 e. The van der Waals surface area contributed by atoms with Crippen LogP contribution in [0.2, 0.25) is 0 Å². The Bertz CT molecular complexity index is 927. The zero-order valence-corrected chi connectivity index (χ0v) is 20.2. The minimum atomic E-state index is -0.422. The molecule has 7 heteroatoms. The lowest BCUT2D eigenvalue weighted by atomic mass is 10.00. The lowest BCUT2D eigenvalue weighted by molar-refractivity contribution is -0.144. The zero-order valence-electron chi connectivity index (χ0n) is 19.3. The Balaban J connectivity index is 1.77. The third-order valence-corrected chi connectivity index (χ3v) is 6.75. The molecule has 5 nitrogen and oxygen atoms in total. The molecule has 1 unspecified atom stereocenters. The quantitative estimate of drug-likeness (QED) is 0.534. The average Bonchev–Trinajstić information content (AvgIpc) is 3.24. The molecule has 0 N–H and O–H groups in total. The first-order valence-electron chi connectivity index (χ1n) is 11.3. The van der Waals surface area contributed by atoms with Crippen LogP contribution in [-0.2, 0) is 16.0 Å². The number of para-hydroxylation sites is 1. The number of hydrogen-bond acceptors (Lipinski definition) is 4. The van der Waals surface area contributed by atoms with Gasteiger partial charge in [0.05, 0.1) is 12.6 Å². The fourth-order valence-electron chi connectivity index (χ4n) is 3.91. The van der Waals surface area contributed by atoms with Gasteiger partial charge < -0.3 is 14.5 Å². The van der Waals surface area contributed by atoms with Crippen molar-refractivity contribution in [2.45, 2.75) is 46.6 Å². The number of halogens is 1. The number of amides is 2. The summed E-state index contributed by atoms with van der Waals surface area (Å²) in [6.45, 7) is 9.29. The summed E-state index contributed by atoms with van der Waals surface area (Å²) in [5.41, 5.74) is 1.05. The summed E-state index contributed by atoms with van der Waals surface area (Å²) in [6, 6.07) is 8.01. The van der Waals surface area contributed by atoms with E-state index in [1.807, 2.05) is 25.3 Å². The lowest BCUT2D eigenvalue weighted by Crippen LogP contribution is -2.48. The highest BCUT2D eigenvalue weighted by molar-refractivity contribution is 7.10. The van der Waals surface area contributed by atoms with Gasteiger partial charge in [-0.15, -0.1) is 11.3 Å². The number of thiophene rings is 1. The van der Waals surface area contributed by atoms with Gasteiger partial charge in [0.25, 0.3) is 0 Å². The number of rotatable bonds is 9. The van der Waals surface area contributed by atoms with Crippen molar-refractivity contribution in [3.05, 3.63) is 52.0 Å². The van der Waals surface area contributed by atoms with Crippen molar-refractivity contribution in [3.8, 4) is 5.75 Å². The maximum Gasteiger partial charge on any atom is 0.242 e. The molecule has 2 aromatic rings. The molecule has 0 aliphatic carbocycles. The molecule has 1 aliphatic rings. The van der Waals surface area contributed by atoms with Crippen LogP contribution in [0.3, 0.4) is 0 Å². The molecule has 32 heavy (non-hydrogen) atoms. The number of ether oxygens (including phenoxy) is 1. The third kappa shape index (κ3) is 5.88. The van der Waals surface area contributed by atoms with E-state index >= 15 is 0 Å². The van der Waals surface area contributed by atoms with E-state index in [1.165, 1.54) is 10.9 Å². The minimum absolute atomic E-state index is 0.00797. The summed E-state index contributed by atoms with van der Waals surface area (Å²) in [7, 11) is 0. The Morgan fingerprint density at radius 3 is 2.66 bits per heavy atom.